The third-order valence-corrected chi connectivity index (χ3v) is 6.07. The molecule has 1 heterocycles. The molecule has 3 rings (SSSR count). The van der Waals surface area contributed by atoms with Gasteiger partial charge in [-0.15, -0.1) is 11.8 Å². The number of hydrogen-bond acceptors (Lipinski definition) is 4. The van der Waals surface area contributed by atoms with E-state index in [1.807, 2.05) is 6.07 Å². The van der Waals surface area contributed by atoms with Gasteiger partial charge in [0.15, 0.2) is 0 Å². The van der Waals surface area contributed by atoms with E-state index in [-0.39, 0.29) is 11.1 Å². The number of nitriles is 1. The molecule has 1 saturated carbocycles. The smallest absolute Gasteiger partial charge is 0.335 e. The van der Waals surface area contributed by atoms with Gasteiger partial charge in [-0.25, -0.2) is 4.79 Å². The van der Waals surface area contributed by atoms with Gasteiger partial charge in [-0.1, -0.05) is 44.2 Å². The number of pyridine rings is 1. The van der Waals surface area contributed by atoms with Crippen LogP contribution in [0.1, 0.15) is 59.2 Å². The quantitative estimate of drug-likeness (QED) is 0.724. The van der Waals surface area contributed by atoms with Crippen molar-refractivity contribution in [2.24, 2.45) is 5.92 Å². The first-order chi connectivity index (χ1) is 13.1. The van der Waals surface area contributed by atoms with E-state index in [0.717, 1.165) is 30.4 Å². The average molecular weight is 382 g/mol. The van der Waals surface area contributed by atoms with Gasteiger partial charge in [0.05, 0.1) is 16.2 Å². The maximum atomic E-state index is 12.1. The summed E-state index contributed by atoms with van der Waals surface area (Å²) in [5.41, 5.74) is 2.24. The molecule has 1 aromatic heterocycles. The molecule has 6 heteroatoms. The van der Waals surface area contributed by atoms with Crippen LogP contribution in [0.4, 0.5) is 0 Å². The number of nitrogens with one attached hydrogen (secondary N) is 1. The van der Waals surface area contributed by atoms with Gasteiger partial charge in [0.25, 0.3) is 0 Å². The summed E-state index contributed by atoms with van der Waals surface area (Å²) in [5.74, 6) is 0.0544. The van der Waals surface area contributed by atoms with Gasteiger partial charge in [-0.05, 0) is 35.6 Å². The van der Waals surface area contributed by atoms with E-state index in [4.69, 9.17) is 5.11 Å². The number of rotatable bonds is 6. The van der Waals surface area contributed by atoms with Crippen LogP contribution in [0.25, 0.3) is 0 Å². The zero-order valence-electron chi connectivity index (χ0n) is 15.0. The molecule has 0 amide bonds. The lowest BCUT2D eigenvalue weighted by atomic mass is 9.84. The Morgan fingerprint density at radius 3 is 2.74 bits per heavy atom. The minimum Gasteiger partial charge on any atom is -0.478 e. The fourth-order valence-corrected chi connectivity index (χ4v) is 4.61. The van der Waals surface area contributed by atoms with Crippen LogP contribution in [0.15, 0.2) is 40.2 Å². The Morgan fingerprint density at radius 2 is 2.04 bits per heavy atom. The molecule has 0 spiro atoms. The maximum absolute atomic E-state index is 12.1. The van der Waals surface area contributed by atoms with Gasteiger partial charge in [0.2, 0.25) is 5.56 Å². The average Bonchev–Trinajstić information content (AvgIpc) is 2.67. The second-order valence-electron chi connectivity index (χ2n) is 6.98. The summed E-state index contributed by atoms with van der Waals surface area (Å²) in [6.07, 6.45) is 6.79. The number of aromatic carboxylic acids is 1. The highest BCUT2D eigenvalue weighted by Gasteiger charge is 2.18. The summed E-state index contributed by atoms with van der Waals surface area (Å²) in [6, 6.07) is 10.5. The summed E-state index contributed by atoms with van der Waals surface area (Å²) < 4.78 is 0. The molecular weight excluding hydrogens is 360 g/mol. The van der Waals surface area contributed by atoms with Crippen LogP contribution in [0, 0.1) is 17.2 Å². The molecule has 27 heavy (non-hydrogen) atoms. The van der Waals surface area contributed by atoms with Crippen LogP contribution in [0.5, 0.6) is 0 Å². The van der Waals surface area contributed by atoms with Gasteiger partial charge in [0.1, 0.15) is 6.07 Å². The zero-order chi connectivity index (χ0) is 19.2. The lowest BCUT2D eigenvalue weighted by Gasteiger charge is -2.22. The molecule has 140 valence electrons. The topological polar surface area (TPSA) is 94.0 Å². The van der Waals surface area contributed by atoms with Crippen molar-refractivity contribution in [1.29, 1.82) is 5.26 Å². The number of benzene rings is 1. The molecule has 1 aliphatic carbocycles. The standard InChI is InChI=1S/C21H22N2O3S/c22-12-18-17(9-14-5-2-1-3-6-14)11-19(24)23-20(18)27-13-15-7-4-8-16(10-15)21(25)26/h4,7-8,10-11,14H,1-3,5-6,9,13H2,(H,23,24)(H,25,26). The number of nitrogens with zero attached hydrogens (tertiary/aromatic N) is 1. The third kappa shape index (κ3) is 5.01. The van der Waals surface area contributed by atoms with E-state index >= 15 is 0 Å². The number of aromatic nitrogens is 1. The normalized spacial score (nSPS) is 14.6. The largest absolute Gasteiger partial charge is 0.478 e. The lowest BCUT2D eigenvalue weighted by Crippen LogP contribution is -2.15. The van der Waals surface area contributed by atoms with Crippen LogP contribution in [-0.2, 0) is 12.2 Å². The number of carboxylic acid groups (broad SMARTS) is 1. The SMILES string of the molecule is N#Cc1c(CC2CCCCC2)cc(=O)[nH]c1SCc1cccc(C(=O)O)c1. The number of aromatic amines is 1. The van der Waals surface area contributed by atoms with E-state index in [1.54, 1.807) is 24.3 Å². The molecular formula is C21H22N2O3S. The van der Waals surface area contributed by atoms with Crippen molar-refractivity contribution in [2.75, 3.05) is 0 Å². The first-order valence-electron chi connectivity index (χ1n) is 9.18. The highest BCUT2D eigenvalue weighted by atomic mass is 32.2. The highest BCUT2D eigenvalue weighted by molar-refractivity contribution is 7.98. The first-order valence-corrected chi connectivity index (χ1v) is 10.2. The van der Waals surface area contributed by atoms with E-state index < -0.39 is 5.97 Å². The van der Waals surface area contributed by atoms with Crippen LogP contribution in [-0.4, -0.2) is 16.1 Å². The van der Waals surface area contributed by atoms with Crippen LogP contribution < -0.4 is 5.56 Å². The van der Waals surface area contributed by atoms with Gasteiger partial charge in [-0.2, -0.15) is 5.26 Å². The number of carboxylic acids is 1. The Morgan fingerprint density at radius 1 is 1.26 bits per heavy atom. The molecule has 0 bridgehead atoms. The van der Waals surface area contributed by atoms with Crippen molar-refractivity contribution in [1.82, 2.24) is 4.98 Å². The Labute approximate surface area is 162 Å². The molecule has 0 unspecified atom stereocenters. The predicted molar refractivity (Wildman–Crippen MR) is 105 cm³/mol. The lowest BCUT2D eigenvalue weighted by molar-refractivity contribution is 0.0697. The number of hydrogen-bond donors (Lipinski definition) is 2. The van der Waals surface area contributed by atoms with Crippen molar-refractivity contribution < 1.29 is 9.90 Å². The fraction of sp³-hybridized carbons (Fsp3) is 0.381. The van der Waals surface area contributed by atoms with Crippen molar-refractivity contribution in [3.05, 3.63) is 62.9 Å². The summed E-state index contributed by atoms with van der Waals surface area (Å²) in [4.78, 5) is 26.0. The molecule has 0 saturated heterocycles. The highest BCUT2D eigenvalue weighted by Crippen LogP contribution is 2.30. The first kappa shape index (κ1) is 19.2. The minimum absolute atomic E-state index is 0.193. The molecule has 1 aromatic carbocycles. The molecule has 1 fully saturated rings. The van der Waals surface area contributed by atoms with E-state index in [9.17, 15) is 14.9 Å². The van der Waals surface area contributed by atoms with Crippen molar-refractivity contribution in [3.8, 4) is 6.07 Å². The van der Waals surface area contributed by atoms with E-state index in [0.29, 0.717) is 22.3 Å². The zero-order valence-corrected chi connectivity index (χ0v) is 15.8. The molecule has 5 nitrogen and oxygen atoms in total. The molecule has 0 aliphatic heterocycles. The maximum Gasteiger partial charge on any atom is 0.335 e. The summed E-state index contributed by atoms with van der Waals surface area (Å²) in [6.45, 7) is 0. The Hall–Kier alpha value is -2.52. The third-order valence-electron chi connectivity index (χ3n) is 4.99. The Bertz CT molecular complexity index is 924. The number of H-pyrrole nitrogens is 1. The molecule has 1 aliphatic rings. The number of carbonyl (C=O) groups is 1. The predicted octanol–water partition coefficient (Wildman–Crippen LogP) is 4.36. The monoisotopic (exact) mass is 382 g/mol. The van der Waals surface area contributed by atoms with Gasteiger partial charge >= 0.3 is 5.97 Å². The van der Waals surface area contributed by atoms with Gasteiger partial charge in [-0.3, -0.25) is 4.79 Å². The summed E-state index contributed by atoms with van der Waals surface area (Å²) in [5, 5.41) is 19.3. The van der Waals surface area contributed by atoms with Crippen molar-refractivity contribution in [2.45, 2.75) is 49.3 Å². The Balaban J connectivity index is 1.80. The fourth-order valence-electron chi connectivity index (χ4n) is 3.63. The molecule has 2 N–H and O–H groups in total. The Kier molecular flexibility index (Phi) is 6.36. The van der Waals surface area contributed by atoms with E-state index in [1.165, 1.54) is 31.0 Å². The summed E-state index contributed by atoms with van der Waals surface area (Å²) in [7, 11) is 0. The summed E-state index contributed by atoms with van der Waals surface area (Å²) >= 11 is 1.36. The van der Waals surface area contributed by atoms with E-state index in [2.05, 4.69) is 11.1 Å². The number of thioether (sulfide) groups is 1. The van der Waals surface area contributed by atoms with Crippen molar-refractivity contribution in [3.63, 3.8) is 0 Å². The second kappa shape index (κ2) is 8.92. The molecule has 0 radical (unpaired) electrons. The van der Waals surface area contributed by atoms with Gasteiger partial charge < -0.3 is 10.1 Å². The second-order valence-corrected chi connectivity index (χ2v) is 7.96. The molecule has 0 atom stereocenters. The van der Waals surface area contributed by atoms with Crippen LogP contribution >= 0.6 is 11.8 Å². The van der Waals surface area contributed by atoms with Crippen LogP contribution in [0.2, 0.25) is 0 Å². The van der Waals surface area contributed by atoms with Gasteiger partial charge in [0, 0.05) is 11.8 Å². The molecule has 2 aromatic rings. The minimum atomic E-state index is -0.970. The van der Waals surface area contributed by atoms with Crippen molar-refractivity contribution >= 4 is 17.7 Å². The van der Waals surface area contributed by atoms with Crippen LogP contribution in [0.3, 0.4) is 0 Å².